The highest BCUT2D eigenvalue weighted by atomic mass is 15.3. The summed E-state index contributed by atoms with van der Waals surface area (Å²) in [6.07, 6.45) is 3.02. The topological polar surface area (TPSA) is 33.1 Å². The van der Waals surface area contributed by atoms with Gasteiger partial charge in [-0.1, -0.05) is 37.3 Å². The second kappa shape index (κ2) is 6.57. The fourth-order valence-electron chi connectivity index (χ4n) is 2.42. The zero-order valence-corrected chi connectivity index (χ0v) is 12.8. The summed E-state index contributed by atoms with van der Waals surface area (Å²) in [7, 11) is 6.08. The van der Waals surface area contributed by atoms with E-state index in [4.69, 9.17) is 0 Å². The van der Waals surface area contributed by atoms with Gasteiger partial charge in [-0.05, 0) is 12.0 Å². The summed E-state index contributed by atoms with van der Waals surface area (Å²) in [5.74, 6) is 0.981. The van der Waals surface area contributed by atoms with E-state index in [0.717, 1.165) is 18.9 Å². The molecule has 1 atom stereocenters. The molecule has 1 heterocycles. The van der Waals surface area contributed by atoms with E-state index < -0.39 is 0 Å². The number of anilines is 1. The maximum atomic E-state index is 4.44. The molecule has 0 aliphatic carbocycles. The number of hydrogen-bond donors (Lipinski definition) is 1. The van der Waals surface area contributed by atoms with E-state index in [1.807, 2.05) is 25.2 Å². The number of nitrogens with one attached hydrogen (secondary N) is 1. The summed E-state index contributed by atoms with van der Waals surface area (Å²) in [6, 6.07) is 11.0. The predicted molar refractivity (Wildman–Crippen MR) is 83.8 cm³/mol. The van der Waals surface area contributed by atoms with Crippen LogP contribution in [0.15, 0.2) is 36.5 Å². The normalized spacial score (nSPS) is 12.4. The molecular formula is C16H24N4. The number of imidazole rings is 1. The third-order valence-electron chi connectivity index (χ3n) is 3.60. The van der Waals surface area contributed by atoms with Crippen molar-refractivity contribution < 1.29 is 0 Å². The first kappa shape index (κ1) is 14.6. The Kier molecular flexibility index (Phi) is 4.79. The molecule has 1 aromatic heterocycles. The lowest BCUT2D eigenvalue weighted by Crippen LogP contribution is -2.22. The molecule has 0 saturated heterocycles. The summed E-state index contributed by atoms with van der Waals surface area (Å²) in [4.78, 5) is 6.47. The smallest absolute Gasteiger partial charge is 0.204 e. The van der Waals surface area contributed by atoms with Gasteiger partial charge in [0.25, 0.3) is 0 Å². The fourth-order valence-corrected chi connectivity index (χ4v) is 2.42. The number of aromatic nitrogens is 2. The van der Waals surface area contributed by atoms with E-state index in [1.165, 1.54) is 11.3 Å². The van der Waals surface area contributed by atoms with Crippen LogP contribution in [-0.2, 0) is 13.6 Å². The second-order valence-electron chi connectivity index (χ2n) is 5.26. The van der Waals surface area contributed by atoms with Crippen LogP contribution < -0.4 is 10.2 Å². The van der Waals surface area contributed by atoms with Gasteiger partial charge in [0.15, 0.2) is 0 Å². The highest BCUT2D eigenvalue weighted by Gasteiger charge is 2.11. The SMILES string of the molecule is CCC(NCc1cnc(N(C)C)n1C)c1ccccc1. The molecule has 0 fully saturated rings. The number of hydrogen-bond acceptors (Lipinski definition) is 3. The van der Waals surface area contributed by atoms with Gasteiger partial charge in [-0.2, -0.15) is 0 Å². The zero-order valence-electron chi connectivity index (χ0n) is 12.8. The van der Waals surface area contributed by atoms with Crippen molar-refractivity contribution in [3.05, 3.63) is 47.8 Å². The molecule has 1 N–H and O–H groups in total. The molecule has 4 nitrogen and oxygen atoms in total. The molecule has 2 rings (SSSR count). The molecule has 0 bridgehead atoms. The molecule has 0 radical (unpaired) electrons. The van der Waals surface area contributed by atoms with Crippen LogP contribution in [0.3, 0.4) is 0 Å². The second-order valence-corrected chi connectivity index (χ2v) is 5.26. The fraction of sp³-hybridized carbons (Fsp3) is 0.438. The van der Waals surface area contributed by atoms with Crippen LogP contribution in [0.25, 0.3) is 0 Å². The van der Waals surface area contributed by atoms with Gasteiger partial charge in [0, 0.05) is 33.7 Å². The first-order chi connectivity index (χ1) is 9.63. The maximum absolute atomic E-state index is 4.44. The Morgan fingerprint density at radius 2 is 1.95 bits per heavy atom. The van der Waals surface area contributed by atoms with Crippen LogP contribution in [-0.4, -0.2) is 23.6 Å². The molecule has 1 unspecified atom stereocenters. The monoisotopic (exact) mass is 272 g/mol. The van der Waals surface area contributed by atoms with E-state index in [-0.39, 0.29) is 0 Å². The lowest BCUT2D eigenvalue weighted by molar-refractivity contribution is 0.508. The molecular weight excluding hydrogens is 248 g/mol. The van der Waals surface area contributed by atoms with Crippen molar-refractivity contribution in [1.29, 1.82) is 0 Å². The Balaban J connectivity index is 2.04. The third kappa shape index (κ3) is 3.20. The van der Waals surface area contributed by atoms with Crippen LogP contribution in [0.4, 0.5) is 5.95 Å². The van der Waals surface area contributed by atoms with Crippen molar-refractivity contribution in [3.63, 3.8) is 0 Å². The van der Waals surface area contributed by atoms with E-state index in [2.05, 4.69) is 59.2 Å². The van der Waals surface area contributed by atoms with Crippen LogP contribution in [0.2, 0.25) is 0 Å². The Bertz CT molecular complexity index is 531. The van der Waals surface area contributed by atoms with Gasteiger partial charge in [0.1, 0.15) is 0 Å². The molecule has 20 heavy (non-hydrogen) atoms. The van der Waals surface area contributed by atoms with Crippen molar-refractivity contribution in [2.75, 3.05) is 19.0 Å². The molecule has 0 amide bonds. The van der Waals surface area contributed by atoms with E-state index in [1.54, 1.807) is 0 Å². The largest absolute Gasteiger partial charge is 0.348 e. The Morgan fingerprint density at radius 3 is 2.50 bits per heavy atom. The van der Waals surface area contributed by atoms with Gasteiger partial charge in [-0.15, -0.1) is 0 Å². The molecule has 0 saturated carbocycles. The first-order valence-corrected chi connectivity index (χ1v) is 7.09. The number of nitrogens with zero attached hydrogens (tertiary/aromatic N) is 3. The average molecular weight is 272 g/mol. The first-order valence-electron chi connectivity index (χ1n) is 7.09. The Morgan fingerprint density at radius 1 is 1.25 bits per heavy atom. The maximum Gasteiger partial charge on any atom is 0.204 e. The molecule has 1 aromatic carbocycles. The molecule has 2 aromatic rings. The van der Waals surface area contributed by atoms with E-state index in [0.29, 0.717) is 6.04 Å². The minimum absolute atomic E-state index is 0.383. The highest BCUT2D eigenvalue weighted by molar-refractivity contribution is 5.31. The summed E-state index contributed by atoms with van der Waals surface area (Å²) in [5, 5.41) is 3.62. The van der Waals surface area contributed by atoms with Gasteiger partial charge in [0.2, 0.25) is 5.95 Å². The third-order valence-corrected chi connectivity index (χ3v) is 3.60. The molecule has 4 heteroatoms. The lowest BCUT2D eigenvalue weighted by Gasteiger charge is -2.18. The van der Waals surface area contributed by atoms with Gasteiger partial charge >= 0.3 is 0 Å². The molecule has 0 aliphatic rings. The molecule has 108 valence electrons. The van der Waals surface area contributed by atoms with Crippen LogP contribution in [0.5, 0.6) is 0 Å². The number of benzene rings is 1. The Hall–Kier alpha value is -1.81. The Labute approximate surface area is 121 Å². The van der Waals surface area contributed by atoms with E-state index >= 15 is 0 Å². The minimum atomic E-state index is 0.383. The van der Waals surface area contributed by atoms with Crippen molar-refractivity contribution in [3.8, 4) is 0 Å². The summed E-state index contributed by atoms with van der Waals surface area (Å²) in [5.41, 5.74) is 2.54. The van der Waals surface area contributed by atoms with Crippen molar-refractivity contribution >= 4 is 5.95 Å². The summed E-state index contributed by atoms with van der Waals surface area (Å²) in [6.45, 7) is 3.03. The molecule has 0 aliphatic heterocycles. The predicted octanol–water partition coefficient (Wildman–Crippen LogP) is 2.73. The number of rotatable bonds is 6. The standard InChI is InChI=1S/C16H24N4/c1-5-15(13-9-7-6-8-10-13)17-11-14-12-18-16(19(2)3)20(14)4/h6-10,12,15,17H,5,11H2,1-4H3. The zero-order chi connectivity index (χ0) is 14.5. The average Bonchev–Trinajstić information content (AvgIpc) is 2.82. The van der Waals surface area contributed by atoms with Crippen LogP contribution in [0, 0.1) is 0 Å². The minimum Gasteiger partial charge on any atom is -0.348 e. The van der Waals surface area contributed by atoms with Gasteiger partial charge in [-0.3, -0.25) is 0 Å². The van der Waals surface area contributed by atoms with Crippen LogP contribution in [0.1, 0.15) is 30.6 Å². The van der Waals surface area contributed by atoms with Crippen molar-refractivity contribution in [1.82, 2.24) is 14.9 Å². The van der Waals surface area contributed by atoms with Gasteiger partial charge in [-0.25, -0.2) is 4.98 Å². The summed E-state index contributed by atoms with van der Waals surface area (Å²) >= 11 is 0. The van der Waals surface area contributed by atoms with Crippen molar-refractivity contribution in [2.45, 2.75) is 25.9 Å². The van der Waals surface area contributed by atoms with Gasteiger partial charge in [0.05, 0.1) is 11.9 Å². The van der Waals surface area contributed by atoms with E-state index in [9.17, 15) is 0 Å². The van der Waals surface area contributed by atoms with Gasteiger partial charge < -0.3 is 14.8 Å². The molecule has 0 spiro atoms. The lowest BCUT2D eigenvalue weighted by atomic mass is 10.0. The van der Waals surface area contributed by atoms with Crippen LogP contribution >= 0.6 is 0 Å². The summed E-state index contributed by atoms with van der Waals surface area (Å²) < 4.78 is 2.13. The quantitative estimate of drug-likeness (QED) is 0.877. The van der Waals surface area contributed by atoms with Crippen molar-refractivity contribution in [2.24, 2.45) is 7.05 Å². The highest BCUT2D eigenvalue weighted by Crippen LogP contribution is 2.17.